The Labute approximate surface area is 107 Å². The molecule has 1 N–H and O–H groups in total. The van der Waals surface area contributed by atoms with Crippen LogP contribution < -0.4 is 5.32 Å². The number of aryl methyl sites for hydroxylation is 1. The number of benzene rings is 2. The lowest BCUT2D eigenvalue weighted by molar-refractivity contribution is 1.14. The Balaban J connectivity index is 1.95. The molecule has 88 valence electrons. The van der Waals surface area contributed by atoms with Gasteiger partial charge in [0.1, 0.15) is 0 Å². The first-order chi connectivity index (χ1) is 8.28. The van der Waals surface area contributed by atoms with Crippen molar-refractivity contribution in [1.82, 2.24) is 0 Å². The minimum atomic E-state index is 0.874. The summed E-state index contributed by atoms with van der Waals surface area (Å²) in [7, 11) is 0. The Morgan fingerprint density at radius 2 is 1.59 bits per heavy atom. The molecule has 0 radical (unpaired) electrons. The molecule has 0 aliphatic rings. The lowest BCUT2D eigenvalue weighted by atomic mass is 10.1. The molecule has 0 spiro atoms. The van der Waals surface area contributed by atoms with E-state index in [4.69, 9.17) is 0 Å². The maximum absolute atomic E-state index is 3.42. The molecule has 2 aromatic rings. The van der Waals surface area contributed by atoms with Crippen LogP contribution in [0, 0.1) is 6.92 Å². The van der Waals surface area contributed by atoms with Crippen molar-refractivity contribution >= 4 is 17.4 Å². The molecule has 2 rings (SSSR count). The summed E-state index contributed by atoms with van der Waals surface area (Å²) in [6.07, 6.45) is 2.09. The van der Waals surface area contributed by atoms with Crippen molar-refractivity contribution in [2.75, 3.05) is 11.6 Å². The molecular weight excluding hydrogens is 226 g/mol. The summed E-state index contributed by atoms with van der Waals surface area (Å²) in [5, 5.41) is 3.42. The average molecular weight is 243 g/mol. The van der Waals surface area contributed by atoms with Crippen LogP contribution in [-0.4, -0.2) is 6.26 Å². The maximum atomic E-state index is 3.42. The first-order valence-electron chi connectivity index (χ1n) is 5.71. The molecule has 0 unspecified atom stereocenters. The molecule has 0 fully saturated rings. The highest BCUT2D eigenvalue weighted by atomic mass is 32.2. The Kier molecular flexibility index (Phi) is 4.10. The Morgan fingerprint density at radius 1 is 0.941 bits per heavy atom. The van der Waals surface area contributed by atoms with E-state index >= 15 is 0 Å². The molecule has 0 aliphatic heterocycles. The number of anilines is 1. The molecular formula is C15H17NS. The summed E-state index contributed by atoms with van der Waals surface area (Å²) in [6, 6.07) is 17.2. The number of nitrogens with one attached hydrogen (secondary N) is 1. The predicted molar refractivity (Wildman–Crippen MR) is 76.7 cm³/mol. The van der Waals surface area contributed by atoms with E-state index in [1.54, 1.807) is 11.8 Å². The smallest absolute Gasteiger partial charge is 0.0400 e. The Morgan fingerprint density at radius 3 is 2.18 bits per heavy atom. The quantitative estimate of drug-likeness (QED) is 0.802. The summed E-state index contributed by atoms with van der Waals surface area (Å²) in [4.78, 5) is 1.30. The monoisotopic (exact) mass is 243 g/mol. The zero-order valence-corrected chi connectivity index (χ0v) is 11.1. The summed E-state index contributed by atoms with van der Waals surface area (Å²) in [6.45, 7) is 2.98. The van der Waals surface area contributed by atoms with Crippen LogP contribution in [0.3, 0.4) is 0 Å². The first-order valence-corrected chi connectivity index (χ1v) is 6.94. The van der Waals surface area contributed by atoms with Crippen molar-refractivity contribution in [3.05, 3.63) is 59.7 Å². The van der Waals surface area contributed by atoms with Gasteiger partial charge in [-0.1, -0.05) is 29.8 Å². The van der Waals surface area contributed by atoms with E-state index in [-0.39, 0.29) is 0 Å². The van der Waals surface area contributed by atoms with Gasteiger partial charge in [0.25, 0.3) is 0 Å². The van der Waals surface area contributed by atoms with Gasteiger partial charge in [-0.2, -0.15) is 0 Å². The number of hydrogen-bond acceptors (Lipinski definition) is 2. The normalized spacial score (nSPS) is 10.2. The van der Waals surface area contributed by atoms with Gasteiger partial charge < -0.3 is 5.32 Å². The van der Waals surface area contributed by atoms with Gasteiger partial charge in [-0.15, -0.1) is 11.8 Å². The summed E-state index contributed by atoms with van der Waals surface area (Å²) < 4.78 is 0. The summed E-state index contributed by atoms with van der Waals surface area (Å²) in [5.41, 5.74) is 3.78. The lowest BCUT2D eigenvalue weighted by Gasteiger charge is -2.07. The van der Waals surface area contributed by atoms with Crippen molar-refractivity contribution < 1.29 is 0 Å². The highest BCUT2D eigenvalue weighted by Crippen LogP contribution is 2.18. The minimum absolute atomic E-state index is 0.874. The van der Waals surface area contributed by atoms with Crippen molar-refractivity contribution in [3.63, 3.8) is 0 Å². The molecule has 0 heterocycles. The van der Waals surface area contributed by atoms with E-state index in [9.17, 15) is 0 Å². The van der Waals surface area contributed by atoms with Crippen LogP contribution in [0.5, 0.6) is 0 Å². The van der Waals surface area contributed by atoms with E-state index in [0.29, 0.717) is 0 Å². The van der Waals surface area contributed by atoms with Crippen molar-refractivity contribution in [3.8, 4) is 0 Å². The van der Waals surface area contributed by atoms with Crippen LogP contribution in [0.15, 0.2) is 53.4 Å². The second kappa shape index (κ2) is 5.78. The van der Waals surface area contributed by atoms with Crippen LogP contribution in [0.4, 0.5) is 5.69 Å². The first kappa shape index (κ1) is 12.1. The second-order valence-corrected chi connectivity index (χ2v) is 4.95. The molecule has 0 aliphatic carbocycles. The van der Waals surface area contributed by atoms with Crippen molar-refractivity contribution in [1.29, 1.82) is 0 Å². The van der Waals surface area contributed by atoms with E-state index < -0.39 is 0 Å². The van der Waals surface area contributed by atoms with Crippen LogP contribution in [0.1, 0.15) is 11.1 Å². The molecule has 0 bridgehead atoms. The van der Waals surface area contributed by atoms with Crippen LogP contribution in [0.25, 0.3) is 0 Å². The highest BCUT2D eigenvalue weighted by Gasteiger charge is 1.95. The number of hydrogen-bond donors (Lipinski definition) is 1. The molecule has 0 amide bonds. The van der Waals surface area contributed by atoms with Gasteiger partial charge >= 0.3 is 0 Å². The summed E-state index contributed by atoms with van der Waals surface area (Å²) >= 11 is 1.77. The predicted octanol–water partition coefficient (Wildman–Crippen LogP) is 4.33. The maximum Gasteiger partial charge on any atom is 0.0400 e. The topological polar surface area (TPSA) is 12.0 Å². The Hall–Kier alpha value is -1.41. The number of rotatable bonds is 4. The molecule has 0 aromatic heterocycles. The SMILES string of the molecule is CSc1ccc(NCc2ccc(C)cc2)cc1. The van der Waals surface area contributed by atoms with Crippen molar-refractivity contribution in [2.45, 2.75) is 18.4 Å². The van der Waals surface area contributed by atoms with E-state index in [2.05, 4.69) is 67.0 Å². The second-order valence-electron chi connectivity index (χ2n) is 4.07. The van der Waals surface area contributed by atoms with Gasteiger partial charge in [-0.25, -0.2) is 0 Å². The van der Waals surface area contributed by atoms with E-state index in [1.807, 2.05) is 0 Å². The van der Waals surface area contributed by atoms with Gasteiger partial charge in [-0.05, 0) is 43.0 Å². The number of thioether (sulfide) groups is 1. The van der Waals surface area contributed by atoms with Gasteiger partial charge in [0.05, 0.1) is 0 Å². The molecule has 2 aromatic carbocycles. The van der Waals surface area contributed by atoms with Crippen LogP contribution in [0.2, 0.25) is 0 Å². The molecule has 17 heavy (non-hydrogen) atoms. The fourth-order valence-corrected chi connectivity index (χ4v) is 2.03. The highest BCUT2D eigenvalue weighted by molar-refractivity contribution is 7.98. The summed E-state index contributed by atoms with van der Waals surface area (Å²) in [5.74, 6) is 0. The molecule has 1 nitrogen and oxygen atoms in total. The lowest BCUT2D eigenvalue weighted by Crippen LogP contribution is -1.98. The molecule has 0 atom stereocenters. The average Bonchev–Trinajstić information content (AvgIpc) is 2.39. The minimum Gasteiger partial charge on any atom is -0.381 e. The Bertz CT molecular complexity index is 459. The standard InChI is InChI=1S/C15H17NS/c1-12-3-5-13(6-4-12)11-16-14-7-9-15(17-2)10-8-14/h3-10,16H,11H2,1-2H3. The van der Waals surface area contributed by atoms with E-state index in [1.165, 1.54) is 21.7 Å². The van der Waals surface area contributed by atoms with Gasteiger partial charge in [0, 0.05) is 17.1 Å². The van der Waals surface area contributed by atoms with Crippen LogP contribution in [-0.2, 0) is 6.54 Å². The third-order valence-electron chi connectivity index (χ3n) is 2.71. The van der Waals surface area contributed by atoms with E-state index in [0.717, 1.165) is 6.54 Å². The molecule has 0 saturated heterocycles. The third kappa shape index (κ3) is 3.53. The van der Waals surface area contributed by atoms with Crippen LogP contribution >= 0.6 is 11.8 Å². The van der Waals surface area contributed by atoms with Crippen molar-refractivity contribution in [2.24, 2.45) is 0 Å². The zero-order chi connectivity index (χ0) is 12.1. The fraction of sp³-hybridized carbons (Fsp3) is 0.200. The van der Waals surface area contributed by atoms with Gasteiger partial charge in [0.2, 0.25) is 0 Å². The molecule has 2 heteroatoms. The largest absolute Gasteiger partial charge is 0.381 e. The third-order valence-corrected chi connectivity index (χ3v) is 3.45. The zero-order valence-electron chi connectivity index (χ0n) is 10.2. The molecule has 0 saturated carbocycles. The van der Waals surface area contributed by atoms with Gasteiger partial charge in [0.15, 0.2) is 0 Å². The fourth-order valence-electron chi connectivity index (χ4n) is 1.62. The van der Waals surface area contributed by atoms with Gasteiger partial charge in [-0.3, -0.25) is 0 Å².